The summed E-state index contributed by atoms with van der Waals surface area (Å²) >= 11 is 1.33. The molecule has 1 aliphatic heterocycles. The molecule has 8 heteroatoms. The van der Waals surface area contributed by atoms with E-state index in [0.717, 1.165) is 35.5 Å². The summed E-state index contributed by atoms with van der Waals surface area (Å²) in [5.41, 5.74) is 3.55. The van der Waals surface area contributed by atoms with Crippen molar-refractivity contribution in [2.24, 2.45) is 0 Å². The molecule has 0 radical (unpaired) electrons. The van der Waals surface area contributed by atoms with Gasteiger partial charge in [0.2, 0.25) is 5.91 Å². The molecule has 0 saturated carbocycles. The number of nitrogens with zero attached hydrogens (tertiary/aromatic N) is 4. The molecule has 7 nitrogen and oxygen atoms in total. The molecule has 2 aromatic carbocycles. The quantitative estimate of drug-likeness (QED) is 0.374. The molecule has 176 valence electrons. The summed E-state index contributed by atoms with van der Waals surface area (Å²) < 4.78 is 1.96. The smallest absolute Gasteiger partial charge is 0.254 e. The minimum absolute atomic E-state index is 0.00571. The van der Waals surface area contributed by atoms with Crippen LogP contribution in [0, 0.1) is 13.8 Å². The molecule has 1 aliphatic rings. The number of rotatable bonds is 8. The van der Waals surface area contributed by atoms with Crippen molar-refractivity contribution in [2.45, 2.75) is 44.4 Å². The van der Waals surface area contributed by atoms with Crippen molar-refractivity contribution in [1.82, 2.24) is 19.7 Å². The lowest BCUT2D eigenvalue weighted by atomic mass is 10.1. The Morgan fingerprint density at radius 2 is 2.00 bits per heavy atom. The maximum atomic E-state index is 13.3. The summed E-state index contributed by atoms with van der Waals surface area (Å²) in [4.78, 5) is 27.7. The molecule has 2 heterocycles. The first-order valence-electron chi connectivity index (χ1n) is 11.4. The number of aryl methyl sites for hydroxylation is 2. The van der Waals surface area contributed by atoms with Gasteiger partial charge >= 0.3 is 0 Å². The zero-order valence-electron chi connectivity index (χ0n) is 19.5. The number of benzene rings is 2. The molecule has 1 unspecified atom stereocenters. The van der Waals surface area contributed by atoms with Gasteiger partial charge in [0, 0.05) is 24.3 Å². The lowest BCUT2D eigenvalue weighted by molar-refractivity contribution is -0.113. The Morgan fingerprint density at radius 1 is 1.18 bits per heavy atom. The standard InChI is InChI=1S/C26H29N5O2S/c1-4-14-31-24(22-13-8-15-30(22)25(33)20-11-7-9-18(2)16-20)28-29-26(31)34-17-23(32)27-21-12-6-5-10-19(21)3/h4-7,9-12,16,22H,1,8,13-15,17H2,2-3H3,(H,27,32). The first kappa shape index (κ1) is 23.8. The summed E-state index contributed by atoms with van der Waals surface area (Å²) in [6, 6.07) is 15.2. The summed E-state index contributed by atoms with van der Waals surface area (Å²) in [7, 11) is 0. The molecular weight excluding hydrogens is 446 g/mol. The number of thioether (sulfide) groups is 1. The second kappa shape index (κ2) is 10.7. The lowest BCUT2D eigenvalue weighted by Crippen LogP contribution is -2.32. The van der Waals surface area contributed by atoms with E-state index >= 15 is 0 Å². The number of amides is 2. The Hall–Kier alpha value is -3.39. The van der Waals surface area contributed by atoms with Gasteiger partial charge in [-0.05, 0) is 50.5 Å². The van der Waals surface area contributed by atoms with Crippen molar-refractivity contribution >= 4 is 29.3 Å². The van der Waals surface area contributed by atoms with E-state index in [1.54, 1.807) is 6.08 Å². The molecule has 4 rings (SSSR count). The Bertz CT molecular complexity index is 1210. The fourth-order valence-corrected chi connectivity index (χ4v) is 4.96. The van der Waals surface area contributed by atoms with E-state index in [9.17, 15) is 9.59 Å². The summed E-state index contributed by atoms with van der Waals surface area (Å²) in [5, 5.41) is 12.4. The van der Waals surface area contributed by atoms with Crippen LogP contribution in [-0.2, 0) is 11.3 Å². The maximum absolute atomic E-state index is 13.3. The van der Waals surface area contributed by atoms with E-state index in [2.05, 4.69) is 22.1 Å². The van der Waals surface area contributed by atoms with Gasteiger partial charge in [0.1, 0.15) is 0 Å². The number of aromatic nitrogens is 3. The van der Waals surface area contributed by atoms with Gasteiger partial charge in [0.25, 0.3) is 5.91 Å². The van der Waals surface area contributed by atoms with Crippen LogP contribution in [0.25, 0.3) is 0 Å². The van der Waals surface area contributed by atoms with Crippen LogP contribution >= 0.6 is 11.8 Å². The predicted molar refractivity (Wildman–Crippen MR) is 135 cm³/mol. The van der Waals surface area contributed by atoms with E-state index in [4.69, 9.17) is 0 Å². The Kier molecular flexibility index (Phi) is 7.47. The number of para-hydroxylation sites is 1. The SMILES string of the molecule is C=CCn1c(SCC(=O)Nc2ccccc2C)nnc1C1CCCN1C(=O)c1cccc(C)c1. The number of carbonyl (C=O) groups is 2. The normalized spacial score (nSPS) is 15.4. The Labute approximate surface area is 204 Å². The minimum atomic E-state index is -0.157. The average Bonchev–Trinajstić information content (AvgIpc) is 3.46. The third-order valence-electron chi connectivity index (χ3n) is 5.89. The lowest BCUT2D eigenvalue weighted by Gasteiger charge is -2.25. The van der Waals surface area contributed by atoms with Gasteiger partial charge in [-0.15, -0.1) is 16.8 Å². The second-order valence-electron chi connectivity index (χ2n) is 8.42. The molecule has 0 spiro atoms. The van der Waals surface area contributed by atoms with Gasteiger partial charge < -0.3 is 14.8 Å². The maximum Gasteiger partial charge on any atom is 0.254 e. The Morgan fingerprint density at radius 3 is 2.76 bits per heavy atom. The van der Waals surface area contributed by atoms with Gasteiger partial charge in [-0.25, -0.2) is 0 Å². The van der Waals surface area contributed by atoms with Gasteiger partial charge in [-0.3, -0.25) is 9.59 Å². The van der Waals surface area contributed by atoms with E-state index in [-0.39, 0.29) is 23.6 Å². The van der Waals surface area contributed by atoms with Crippen LogP contribution in [0.3, 0.4) is 0 Å². The summed E-state index contributed by atoms with van der Waals surface area (Å²) in [5.74, 6) is 0.845. The number of hydrogen-bond donors (Lipinski definition) is 1. The van der Waals surface area contributed by atoms with Crippen LogP contribution in [0.2, 0.25) is 0 Å². The van der Waals surface area contributed by atoms with E-state index in [1.807, 2.05) is 71.8 Å². The zero-order chi connectivity index (χ0) is 24.1. The molecule has 0 aliphatic carbocycles. The number of carbonyl (C=O) groups excluding carboxylic acids is 2. The first-order chi connectivity index (χ1) is 16.5. The highest BCUT2D eigenvalue weighted by Gasteiger charge is 2.34. The number of hydrogen-bond acceptors (Lipinski definition) is 5. The number of nitrogens with one attached hydrogen (secondary N) is 1. The van der Waals surface area contributed by atoms with Crippen LogP contribution in [0.1, 0.15) is 46.2 Å². The fraction of sp³-hybridized carbons (Fsp3) is 0.308. The minimum Gasteiger partial charge on any atom is -0.328 e. The van der Waals surface area contributed by atoms with Crippen molar-refractivity contribution in [3.8, 4) is 0 Å². The van der Waals surface area contributed by atoms with Crippen molar-refractivity contribution in [3.63, 3.8) is 0 Å². The zero-order valence-corrected chi connectivity index (χ0v) is 20.3. The molecule has 1 fully saturated rings. The fourth-order valence-electron chi connectivity index (χ4n) is 4.21. The molecule has 1 saturated heterocycles. The third-order valence-corrected chi connectivity index (χ3v) is 6.85. The van der Waals surface area contributed by atoms with Crippen LogP contribution in [0.4, 0.5) is 5.69 Å². The van der Waals surface area contributed by atoms with Crippen molar-refractivity contribution in [3.05, 3.63) is 83.7 Å². The number of likely N-dealkylation sites (tertiary alicyclic amines) is 1. The molecule has 3 aromatic rings. The topological polar surface area (TPSA) is 80.1 Å². The molecule has 1 N–H and O–H groups in total. The average molecular weight is 476 g/mol. The first-order valence-corrected chi connectivity index (χ1v) is 12.4. The van der Waals surface area contributed by atoms with Crippen LogP contribution < -0.4 is 5.32 Å². The monoisotopic (exact) mass is 475 g/mol. The van der Waals surface area contributed by atoms with E-state index in [0.29, 0.717) is 23.8 Å². The summed E-state index contributed by atoms with van der Waals surface area (Å²) in [6.07, 6.45) is 3.52. The van der Waals surface area contributed by atoms with E-state index in [1.165, 1.54) is 11.8 Å². The highest BCUT2D eigenvalue weighted by molar-refractivity contribution is 7.99. The summed E-state index contributed by atoms with van der Waals surface area (Å²) in [6.45, 7) is 9.00. The molecule has 1 aromatic heterocycles. The highest BCUT2D eigenvalue weighted by atomic mass is 32.2. The third kappa shape index (κ3) is 5.22. The molecule has 1 atom stereocenters. The van der Waals surface area contributed by atoms with Gasteiger partial charge in [0.05, 0.1) is 11.8 Å². The van der Waals surface area contributed by atoms with Crippen molar-refractivity contribution in [2.75, 3.05) is 17.6 Å². The predicted octanol–water partition coefficient (Wildman–Crippen LogP) is 4.79. The number of allylic oxidation sites excluding steroid dienone is 1. The van der Waals surface area contributed by atoms with Crippen molar-refractivity contribution in [1.29, 1.82) is 0 Å². The van der Waals surface area contributed by atoms with Crippen LogP contribution in [-0.4, -0.2) is 43.8 Å². The van der Waals surface area contributed by atoms with Crippen LogP contribution in [0.15, 0.2) is 66.3 Å². The second-order valence-corrected chi connectivity index (χ2v) is 9.36. The van der Waals surface area contributed by atoms with Crippen LogP contribution in [0.5, 0.6) is 0 Å². The molecular formula is C26H29N5O2S. The molecule has 2 amide bonds. The highest BCUT2D eigenvalue weighted by Crippen LogP contribution is 2.34. The number of anilines is 1. The largest absolute Gasteiger partial charge is 0.328 e. The van der Waals surface area contributed by atoms with E-state index < -0.39 is 0 Å². The van der Waals surface area contributed by atoms with Crippen molar-refractivity contribution < 1.29 is 9.59 Å². The van der Waals surface area contributed by atoms with Gasteiger partial charge in [-0.2, -0.15) is 0 Å². The molecule has 34 heavy (non-hydrogen) atoms. The van der Waals surface area contributed by atoms with Gasteiger partial charge in [-0.1, -0.05) is 53.7 Å². The Balaban J connectivity index is 1.50. The van der Waals surface area contributed by atoms with Gasteiger partial charge in [0.15, 0.2) is 11.0 Å². The molecule has 0 bridgehead atoms.